The Balaban J connectivity index is 2.40. The standard InChI is InChI=1S/C18H21ClFN3/c1-5-23(4)11-21-15-9-12(2)10-16(17(15)19)22-18-13(3)7-6-8-14(18)20/h6-11,22H,5H2,1-4H3/b21-11-. The number of nitrogens with zero attached hydrogens (tertiary/aromatic N) is 2. The van der Waals surface area contributed by atoms with Crippen LogP contribution in [-0.2, 0) is 0 Å². The zero-order valence-electron chi connectivity index (χ0n) is 13.8. The average molecular weight is 334 g/mol. The first-order chi connectivity index (χ1) is 10.9. The van der Waals surface area contributed by atoms with Crippen molar-refractivity contribution in [1.29, 1.82) is 0 Å². The highest BCUT2D eigenvalue weighted by Crippen LogP contribution is 2.36. The van der Waals surface area contributed by atoms with Gasteiger partial charge in [0.1, 0.15) is 5.82 Å². The first kappa shape index (κ1) is 17.3. The maximum absolute atomic E-state index is 14.0. The number of para-hydroxylation sites is 1. The predicted octanol–water partition coefficient (Wildman–Crippen LogP) is 5.45. The topological polar surface area (TPSA) is 27.6 Å². The monoisotopic (exact) mass is 333 g/mol. The summed E-state index contributed by atoms with van der Waals surface area (Å²) in [5.74, 6) is -0.307. The van der Waals surface area contributed by atoms with Gasteiger partial charge in [-0.25, -0.2) is 9.38 Å². The SMILES string of the molecule is CCN(C)/C=N\c1cc(C)cc(Nc2c(C)cccc2F)c1Cl. The Morgan fingerprint density at radius 2 is 2.04 bits per heavy atom. The Hall–Kier alpha value is -2.07. The molecule has 0 fully saturated rings. The lowest BCUT2D eigenvalue weighted by Crippen LogP contribution is -2.14. The highest BCUT2D eigenvalue weighted by atomic mass is 35.5. The number of benzene rings is 2. The van der Waals surface area contributed by atoms with E-state index in [-0.39, 0.29) is 5.82 Å². The van der Waals surface area contributed by atoms with E-state index in [1.165, 1.54) is 6.07 Å². The molecule has 2 aromatic rings. The van der Waals surface area contributed by atoms with Crippen LogP contribution in [0.2, 0.25) is 5.02 Å². The quantitative estimate of drug-likeness (QED) is 0.582. The van der Waals surface area contributed by atoms with E-state index in [9.17, 15) is 4.39 Å². The fourth-order valence-electron chi connectivity index (χ4n) is 2.10. The molecule has 122 valence electrons. The molecule has 1 N–H and O–H groups in total. The van der Waals surface area contributed by atoms with Crippen LogP contribution in [0.1, 0.15) is 18.1 Å². The molecule has 3 nitrogen and oxygen atoms in total. The van der Waals surface area contributed by atoms with Crippen LogP contribution in [-0.4, -0.2) is 24.8 Å². The summed E-state index contributed by atoms with van der Waals surface area (Å²) >= 11 is 6.44. The number of hydrogen-bond acceptors (Lipinski definition) is 2. The van der Waals surface area contributed by atoms with Gasteiger partial charge in [-0.15, -0.1) is 0 Å². The third-order valence-electron chi connectivity index (χ3n) is 3.57. The Kier molecular flexibility index (Phi) is 5.61. The fourth-order valence-corrected chi connectivity index (χ4v) is 2.31. The summed E-state index contributed by atoms with van der Waals surface area (Å²) in [6, 6.07) is 8.75. The largest absolute Gasteiger partial charge is 0.366 e. The van der Waals surface area contributed by atoms with Crippen LogP contribution in [0.5, 0.6) is 0 Å². The Labute approximate surface area is 141 Å². The molecule has 2 aromatic carbocycles. The lowest BCUT2D eigenvalue weighted by Gasteiger charge is -2.15. The van der Waals surface area contributed by atoms with Gasteiger partial charge in [-0.1, -0.05) is 23.7 Å². The van der Waals surface area contributed by atoms with Gasteiger partial charge in [0.2, 0.25) is 0 Å². The fraction of sp³-hybridized carbons (Fsp3) is 0.278. The highest BCUT2D eigenvalue weighted by Gasteiger charge is 2.11. The Morgan fingerprint density at radius 3 is 2.70 bits per heavy atom. The van der Waals surface area contributed by atoms with E-state index in [0.29, 0.717) is 22.1 Å². The van der Waals surface area contributed by atoms with Crippen molar-refractivity contribution in [2.45, 2.75) is 20.8 Å². The van der Waals surface area contributed by atoms with E-state index < -0.39 is 0 Å². The molecule has 0 heterocycles. The number of nitrogens with one attached hydrogen (secondary N) is 1. The number of anilines is 2. The molecule has 23 heavy (non-hydrogen) atoms. The van der Waals surface area contributed by atoms with Gasteiger partial charge >= 0.3 is 0 Å². The summed E-state index contributed by atoms with van der Waals surface area (Å²) < 4.78 is 14.0. The van der Waals surface area contributed by atoms with Crippen molar-refractivity contribution in [3.63, 3.8) is 0 Å². The summed E-state index contributed by atoms with van der Waals surface area (Å²) in [5.41, 5.74) is 3.55. The number of aryl methyl sites for hydroxylation is 2. The Bertz CT molecular complexity index is 708. The van der Waals surface area contributed by atoms with Crippen molar-refractivity contribution in [3.05, 3.63) is 52.3 Å². The van der Waals surface area contributed by atoms with Gasteiger partial charge in [0.05, 0.1) is 28.4 Å². The van der Waals surface area contributed by atoms with Crippen LogP contribution in [0.4, 0.5) is 21.5 Å². The minimum atomic E-state index is -0.307. The van der Waals surface area contributed by atoms with Crippen LogP contribution < -0.4 is 5.32 Å². The van der Waals surface area contributed by atoms with E-state index in [2.05, 4.69) is 10.3 Å². The van der Waals surface area contributed by atoms with Crippen molar-refractivity contribution in [2.24, 2.45) is 4.99 Å². The molecule has 0 spiro atoms. The lowest BCUT2D eigenvalue weighted by molar-refractivity contribution is 0.552. The minimum absolute atomic E-state index is 0.307. The maximum atomic E-state index is 14.0. The van der Waals surface area contributed by atoms with Crippen LogP contribution in [0.3, 0.4) is 0 Å². The maximum Gasteiger partial charge on any atom is 0.146 e. The van der Waals surface area contributed by atoms with Gasteiger partial charge in [-0.2, -0.15) is 0 Å². The zero-order valence-corrected chi connectivity index (χ0v) is 14.6. The zero-order chi connectivity index (χ0) is 17.0. The number of halogens is 2. The van der Waals surface area contributed by atoms with Gasteiger partial charge in [-0.3, -0.25) is 0 Å². The molecule has 0 bridgehead atoms. The van der Waals surface area contributed by atoms with Crippen molar-refractivity contribution in [3.8, 4) is 0 Å². The molecule has 0 amide bonds. The molecular weight excluding hydrogens is 313 g/mol. The van der Waals surface area contributed by atoms with Crippen LogP contribution in [0.25, 0.3) is 0 Å². The second-order valence-electron chi connectivity index (χ2n) is 5.52. The first-order valence-electron chi connectivity index (χ1n) is 7.49. The first-order valence-corrected chi connectivity index (χ1v) is 7.87. The highest BCUT2D eigenvalue weighted by molar-refractivity contribution is 6.36. The van der Waals surface area contributed by atoms with E-state index in [0.717, 1.165) is 17.7 Å². The minimum Gasteiger partial charge on any atom is -0.366 e. The predicted molar refractivity (Wildman–Crippen MR) is 97.1 cm³/mol. The van der Waals surface area contributed by atoms with Crippen LogP contribution in [0.15, 0.2) is 35.3 Å². The summed E-state index contributed by atoms with van der Waals surface area (Å²) in [7, 11) is 1.94. The van der Waals surface area contributed by atoms with Crippen molar-refractivity contribution < 1.29 is 4.39 Å². The molecule has 0 unspecified atom stereocenters. The summed E-state index contributed by atoms with van der Waals surface area (Å²) in [4.78, 5) is 6.37. The van der Waals surface area contributed by atoms with E-state index in [1.807, 2.05) is 50.9 Å². The molecule has 0 aliphatic heterocycles. The average Bonchev–Trinajstić information content (AvgIpc) is 2.52. The van der Waals surface area contributed by atoms with Crippen molar-refractivity contribution in [2.75, 3.05) is 18.9 Å². The molecule has 0 radical (unpaired) electrons. The van der Waals surface area contributed by atoms with E-state index in [4.69, 9.17) is 11.6 Å². The molecule has 0 aromatic heterocycles. The Morgan fingerprint density at radius 1 is 1.30 bits per heavy atom. The van der Waals surface area contributed by atoms with Crippen molar-refractivity contribution >= 4 is 35.0 Å². The van der Waals surface area contributed by atoms with Crippen LogP contribution >= 0.6 is 11.6 Å². The summed E-state index contributed by atoms with van der Waals surface area (Å²) in [5, 5.41) is 3.57. The van der Waals surface area contributed by atoms with E-state index >= 15 is 0 Å². The molecular formula is C18H21ClFN3. The lowest BCUT2D eigenvalue weighted by atomic mass is 10.1. The van der Waals surface area contributed by atoms with Gasteiger partial charge in [-0.05, 0) is 50.1 Å². The van der Waals surface area contributed by atoms with Gasteiger partial charge in [0, 0.05) is 13.6 Å². The normalized spacial score (nSPS) is 11.0. The van der Waals surface area contributed by atoms with Crippen LogP contribution in [0, 0.1) is 19.7 Å². The number of aliphatic imine (C=N–C) groups is 1. The number of hydrogen-bond donors (Lipinski definition) is 1. The second-order valence-corrected chi connectivity index (χ2v) is 5.90. The third kappa shape index (κ3) is 4.23. The molecule has 0 saturated heterocycles. The second kappa shape index (κ2) is 7.47. The molecule has 5 heteroatoms. The molecule has 0 saturated carbocycles. The molecule has 0 aliphatic rings. The molecule has 2 rings (SSSR count). The summed E-state index contributed by atoms with van der Waals surface area (Å²) in [6.07, 6.45) is 1.73. The molecule has 0 aliphatic carbocycles. The molecule has 0 atom stereocenters. The van der Waals surface area contributed by atoms with Crippen molar-refractivity contribution in [1.82, 2.24) is 4.90 Å². The summed E-state index contributed by atoms with van der Waals surface area (Å²) in [6.45, 7) is 6.70. The number of rotatable bonds is 5. The smallest absolute Gasteiger partial charge is 0.146 e. The van der Waals surface area contributed by atoms with Gasteiger partial charge in [0.25, 0.3) is 0 Å². The van der Waals surface area contributed by atoms with Gasteiger partial charge in [0.15, 0.2) is 0 Å². The van der Waals surface area contributed by atoms with E-state index in [1.54, 1.807) is 12.4 Å². The third-order valence-corrected chi connectivity index (χ3v) is 3.97. The van der Waals surface area contributed by atoms with Gasteiger partial charge < -0.3 is 10.2 Å².